The number of halogens is 5. The summed E-state index contributed by atoms with van der Waals surface area (Å²) in [5.74, 6) is -11.5. The van der Waals surface area contributed by atoms with Crippen LogP contribution in [0, 0.1) is 29.1 Å². The Morgan fingerprint density at radius 3 is 1.72 bits per heavy atom. The molecular formula is C16H9F5O3S. The van der Waals surface area contributed by atoms with E-state index in [0.717, 1.165) is 30.5 Å². The average molecular weight is 376 g/mol. The largest absolute Gasteiger partial charge is 0.289 e. The molecule has 2 aromatic rings. The molecule has 0 unspecified atom stereocenters. The van der Waals surface area contributed by atoms with E-state index in [4.69, 9.17) is 0 Å². The molecule has 0 N–H and O–H groups in total. The third-order valence-electron chi connectivity index (χ3n) is 3.21. The molecule has 25 heavy (non-hydrogen) atoms. The smallest absolute Gasteiger partial charge is 0.200 e. The van der Waals surface area contributed by atoms with Gasteiger partial charge < -0.3 is 0 Å². The predicted octanol–water partition coefficient (Wildman–Crippen LogP) is 3.68. The van der Waals surface area contributed by atoms with Crippen LogP contribution in [0.25, 0.3) is 6.08 Å². The molecule has 0 spiro atoms. The summed E-state index contributed by atoms with van der Waals surface area (Å²) in [7, 11) is -3.47. The van der Waals surface area contributed by atoms with Gasteiger partial charge in [-0.15, -0.1) is 0 Å². The molecule has 0 saturated carbocycles. The monoisotopic (exact) mass is 376 g/mol. The van der Waals surface area contributed by atoms with Crippen molar-refractivity contribution in [3.63, 3.8) is 0 Å². The molecule has 0 radical (unpaired) electrons. The molecule has 0 heterocycles. The molecule has 2 rings (SSSR count). The second-order valence-corrected chi connectivity index (χ2v) is 6.99. The fraction of sp³-hybridized carbons (Fsp3) is 0.0625. The van der Waals surface area contributed by atoms with E-state index in [9.17, 15) is 35.2 Å². The maximum absolute atomic E-state index is 13.5. The minimum atomic E-state index is -3.47. The summed E-state index contributed by atoms with van der Waals surface area (Å²) in [4.78, 5) is 11.8. The molecule has 0 fully saturated rings. The molecule has 0 atom stereocenters. The second-order valence-electron chi connectivity index (χ2n) is 4.98. The fourth-order valence-electron chi connectivity index (χ4n) is 1.89. The Kier molecular flexibility index (Phi) is 5.07. The lowest BCUT2D eigenvalue weighted by molar-refractivity contribution is 0.104. The van der Waals surface area contributed by atoms with Crippen molar-refractivity contribution >= 4 is 21.7 Å². The molecule has 9 heteroatoms. The highest BCUT2D eigenvalue weighted by Gasteiger charge is 2.24. The van der Waals surface area contributed by atoms with Gasteiger partial charge in [-0.1, -0.05) is 0 Å². The minimum absolute atomic E-state index is 0.0347. The molecule has 3 nitrogen and oxygen atoms in total. The zero-order chi connectivity index (χ0) is 18.9. The Hall–Kier alpha value is -2.55. The highest BCUT2D eigenvalue weighted by atomic mass is 32.2. The molecule has 0 aliphatic rings. The van der Waals surface area contributed by atoms with Crippen molar-refractivity contribution in [2.75, 3.05) is 6.26 Å². The summed E-state index contributed by atoms with van der Waals surface area (Å²) >= 11 is 0. The molecule has 132 valence electrons. The lowest BCUT2D eigenvalue weighted by Crippen LogP contribution is -2.04. The van der Waals surface area contributed by atoms with Gasteiger partial charge in [0.2, 0.25) is 5.82 Å². The quantitative estimate of drug-likeness (QED) is 0.269. The number of benzene rings is 2. The summed E-state index contributed by atoms with van der Waals surface area (Å²) < 4.78 is 88.7. The second kappa shape index (κ2) is 6.75. The van der Waals surface area contributed by atoms with Gasteiger partial charge in [-0.25, -0.2) is 30.4 Å². The highest BCUT2D eigenvalue weighted by Crippen LogP contribution is 2.24. The summed E-state index contributed by atoms with van der Waals surface area (Å²) in [5.41, 5.74) is -1.29. The molecule has 0 saturated heterocycles. The predicted molar refractivity (Wildman–Crippen MR) is 79.1 cm³/mol. The zero-order valence-electron chi connectivity index (χ0n) is 12.5. The SMILES string of the molecule is CS(=O)(=O)c1ccc(C(=O)/C=C/c2c(F)c(F)c(F)c(F)c2F)cc1. The van der Waals surface area contributed by atoms with Crippen LogP contribution in [0.2, 0.25) is 0 Å². The van der Waals surface area contributed by atoms with Crippen molar-refractivity contribution in [3.8, 4) is 0 Å². The molecule has 0 aromatic heterocycles. The Labute approximate surface area is 139 Å². The lowest BCUT2D eigenvalue weighted by atomic mass is 10.1. The third kappa shape index (κ3) is 3.76. The topological polar surface area (TPSA) is 51.2 Å². The van der Waals surface area contributed by atoms with Crippen molar-refractivity contribution in [3.05, 3.63) is 70.6 Å². The molecular weight excluding hydrogens is 367 g/mol. The van der Waals surface area contributed by atoms with E-state index >= 15 is 0 Å². The van der Waals surface area contributed by atoms with Crippen LogP contribution in [0.15, 0.2) is 35.2 Å². The normalized spacial score (nSPS) is 11.9. The minimum Gasteiger partial charge on any atom is -0.289 e. The number of hydrogen-bond acceptors (Lipinski definition) is 3. The summed E-state index contributed by atoms with van der Waals surface area (Å²) in [6.07, 6.45) is 2.05. The lowest BCUT2D eigenvalue weighted by Gasteiger charge is -2.04. The van der Waals surface area contributed by atoms with Crippen molar-refractivity contribution in [1.29, 1.82) is 0 Å². The number of carbonyl (C=O) groups excluding carboxylic acids is 1. The molecule has 0 bridgehead atoms. The zero-order valence-corrected chi connectivity index (χ0v) is 13.3. The first-order valence-electron chi connectivity index (χ1n) is 6.58. The van der Waals surface area contributed by atoms with E-state index < -0.39 is 50.3 Å². The van der Waals surface area contributed by atoms with Gasteiger partial charge in [0, 0.05) is 11.8 Å². The summed E-state index contributed by atoms with van der Waals surface area (Å²) in [6, 6.07) is 4.60. The van der Waals surface area contributed by atoms with Gasteiger partial charge in [0.05, 0.1) is 10.5 Å². The standard InChI is InChI=1S/C16H9F5O3S/c1-25(23,24)9-4-2-8(3-5-9)11(22)7-6-10-12(17)14(19)16(21)15(20)13(10)18/h2-7H,1H3/b7-6+. The van der Waals surface area contributed by atoms with Crippen LogP contribution in [0.3, 0.4) is 0 Å². The summed E-state index contributed by atoms with van der Waals surface area (Å²) in [6.45, 7) is 0. The first kappa shape index (κ1) is 18.8. The van der Waals surface area contributed by atoms with Gasteiger partial charge in [-0.05, 0) is 36.4 Å². The maximum Gasteiger partial charge on any atom is 0.200 e. The van der Waals surface area contributed by atoms with Crippen molar-refractivity contribution in [1.82, 2.24) is 0 Å². The molecule has 2 aromatic carbocycles. The van der Waals surface area contributed by atoms with Crippen molar-refractivity contribution in [2.45, 2.75) is 4.90 Å². The number of carbonyl (C=O) groups is 1. The van der Waals surface area contributed by atoms with Gasteiger partial charge in [-0.3, -0.25) is 4.79 Å². The molecule has 0 amide bonds. The average Bonchev–Trinajstić information content (AvgIpc) is 2.57. The van der Waals surface area contributed by atoms with Gasteiger partial charge in [0.25, 0.3) is 0 Å². The van der Waals surface area contributed by atoms with E-state index in [0.29, 0.717) is 12.2 Å². The first-order chi connectivity index (χ1) is 11.5. The number of allylic oxidation sites excluding steroid dienone is 1. The fourth-order valence-corrected chi connectivity index (χ4v) is 2.52. The van der Waals surface area contributed by atoms with Crippen LogP contribution in [0.5, 0.6) is 0 Å². The Morgan fingerprint density at radius 2 is 1.28 bits per heavy atom. The molecule has 0 aliphatic carbocycles. The van der Waals surface area contributed by atoms with Crippen LogP contribution in [-0.4, -0.2) is 20.5 Å². The number of sulfone groups is 1. The van der Waals surface area contributed by atoms with Crippen LogP contribution in [0.1, 0.15) is 15.9 Å². The Morgan fingerprint density at radius 1 is 0.840 bits per heavy atom. The van der Waals surface area contributed by atoms with Crippen molar-refractivity contribution < 1.29 is 35.2 Å². The van der Waals surface area contributed by atoms with E-state index in [2.05, 4.69) is 0 Å². The Bertz CT molecular complexity index is 951. The van der Waals surface area contributed by atoms with Crippen molar-refractivity contribution in [2.24, 2.45) is 0 Å². The van der Waals surface area contributed by atoms with Crippen LogP contribution >= 0.6 is 0 Å². The van der Waals surface area contributed by atoms with E-state index in [1.807, 2.05) is 0 Å². The highest BCUT2D eigenvalue weighted by molar-refractivity contribution is 7.90. The van der Waals surface area contributed by atoms with Crippen LogP contribution < -0.4 is 0 Å². The first-order valence-corrected chi connectivity index (χ1v) is 8.47. The van der Waals surface area contributed by atoms with Gasteiger partial charge in [0.1, 0.15) is 0 Å². The van der Waals surface area contributed by atoms with Gasteiger partial charge in [-0.2, -0.15) is 0 Å². The molecule has 0 aliphatic heterocycles. The number of hydrogen-bond donors (Lipinski definition) is 0. The number of ketones is 1. The number of rotatable bonds is 4. The van der Waals surface area contributed by atoms with Crippen LogP contribution in [-0.2, 0) is 9.84 Å². The van der Waals surface area contributed by atoms with E-state index in [1.54, 1.807) is 0 Å². The third-order valence-corrected chi connectivity index (χ3v) is 4.34. The van der Waals surface area contributed by atoms with Crippen LogP contribution in [0.4, 0.5) is 22.0 Å². The maximum atomic E-state index is 13.5. The van der Waals surface area contributed by atoms with Gasteiger partial charge in [0.15, 0.2) is 38.9 Å². The van der Waals surface area contributed by atoms with E-state index in [1.165, 1.54) is 0 Å². The van der Waals surface area contributed by atoms with E-state index in [-0.39, 0.29) is 10.5 Å². The Balaban J connectivity index is 2.36. The summed E-state index contributed by atoms with van der Waals surface area (Å²) in [5, 5.41) is 0. The van der Waals surface area contributed by atoms with Gasteiger partial charge >= 0.3 is 0 Å².